The number of hydrogen-bond donors (Lipinski definition) is 1. The topological polar surface area (TPSA) is 58.8 Å². The summed E-state index contributed by atoms with van der Waals surface area (Å²) in [5.41, 5.74) is 6.96. The van der Waals surface area contributed by atoms with Crippen molar-refractivity contribution < 1.29 is 9.53 Å². The Hall–Kier alpha value is -0.850. The molecular formula is C18H29Cl2N3O2. The second-order valence-corrected chi connectivity index (χ2v) is 6.66. The molecule has 25 heavy (non-hydrogen) atoms. The molecule has 1 amide bonds. The lowest BCUT2D eigenvalue weighted by Crippen LogP contribution is -2.56. The van der Waals surface area contributed by atoms with Gasteiger partial charge in [-0.2, -0.15) is 0 Å². The predicted octanol–water partition coefficient (Wildman–Crippen LogP) is 2.07. The van der Waals surface area contributed by atoms with E-state index in [1.54, 1.807) is 0 Å². The van der Waals surface area contributed by atoms with Gasteiger partial charge in [-0.25, -0.2) is 0 Å². The van der Waals surface area contributed by atoms with Crippen molar-refractivity contribution >= 4 is 30.7 Å². The summed E-state index contributed by atoms with van der Waals surface area (Å²) in [6.07, 6.45) is 1.47. The molecule has 3 atom stereocenters. The maximum atomic E-state index is 12.7. The first-order valence-corrected chi connectivity index (χ1v) is 8.59. The molecule has 7 heteroatoms. The SMILES string of the molecule is CC1CN(Cc2ccccc2)CCN1C(=O)[C@@H]1CC[C@H](CN)O1.Cl.Cl. The highest BCUT2D eigenvalue weighted by Crippen LogP contribution is 2.23. The lowest BCUT2D eigenvalue weighted by molar-refractivity contribution is -0.147. The molecule has 0 spiro atoms. The summed E-state index contributed by atoms with van der Waals surface area (Å²) in [5.74, 6) is 0.146. The van der Waals surface area contributed by atoms with Crippen LogP contribution in [0.4, 0.5) is 0 Å². The van der Waals surface area contributed by atoms with Crippen molar-refractivity contribution in [1.29, 1.82) is 0 Å². The Morgan fingerprint density at radius 3 is 2.52 bits per heavy atom. The number of carbonyl (C=O) groups excluding carboxylic acids is 1. The Labute approximate surface area is 162 Å². The quantitative estimate of drug-likeness (QED) is 0.855. The zero-order chi connectivity index (χ0) is 16.2. The largest absolute Gasteiger partial charge is 0.364 e. The highest BCUT2D eigenvalue weighted by atomic mass is 35.5. The van der Waals surface area contributed by atoms with E-state index in [9.17, 15) is 4.79 Å². The predicted molar refractivity (Wildman–Crippen MR) is 104 cm³/mol. The normalized spacial score (nSPS) is 26.6. The van der Waals surface area contributed by atoms with Gasteiger partial charge in [-0.15, -0.1) is 24.8 Å². The van der Waals surface area contributed by atoms with Crippen LogP contribution in [-0.4, -0.2) is 60.1 Å². The van der Waals surface area contributed by atoms with E-state index in [2.05, 4.69) is 36.1 Å². The number of hydrogen-bond acceptors (Lipinski definition) is 4. The minimum absolute atomic E-state index is 0. The molecule has 1 unspecified atom stereocenters. The molecule has 5 nitrogen and oxygen atoms in total. The number of piperazine rings is 1. The van der Waals surface area contributed by atoms with Crippen LogP contribution >= 0.6 is 24.8 Å². The molecule has 0 aliphatic carbocycles. The van der Waals surface area contributed by atoms with Gasteiger partial charge in [-0.3, -0.25) is 9.69 Å². The van der Waals surface area contributed by atoms with Crippen molar-refractivity contribution in [2.75, 3.05) is 26.2 Å². The fourth-order valence-corrected chi connectivity index (χ4v) is 3.59. The van der Waals surface area contributed by atoms with Gasteiger partial charge in [0.2, 0.25) is 0 Å². The summed E-state index contributed by atoms with van der Waals surface area (Å²) in [7, 11) is 0. The van der Waals surface area contributed by atoms with Gasteiger partial charge in [-0.05, 0) is 25.3 Å². The Morgan fingerprint density at radius 1 is 1.20 bits per heavy atom. The summed E-state index contributed by atoms with van der Waals surface area (Å²) >= 11 is 0. The second kappa shape index (κ2) is 10.3. The molecule has 2 N–H and O–H groups in total. The van der Waals surface area contributed by atoms with Crippen LogP contribution in [0.15, 0.2) is 30.3 Å². The Bertz CT molecular complexity index is 532. The van der Waals surface area contributed by atoms with Gasteiger partial charge < -0.3 is 15.4 Å². The maximum Gasteiger partial charge on any atom is 0.252 e. The first-order valence-electron chi connectivity index (χ1n) is 8.59. The van der Waals surface area contributed by atoms with Gasteiger partial charge in [0.25, 0.3) is 5.91 Å². The Kier molecular flexibility index (Phi) is 9.17. The summed E-state index contributed by atoms with van der Waals surface area (Å²) in [5, 5.41) is 0. The minimum atomic E-state index is -0.285. The highest BCUT2D eigenvalue weighted by molar-refractivity contribution is 5.85. The van der Waals surface area contributed by atoms with E-state index in [0.717, 1.165) is 39.0 Å². The van der Waals surface area contributed by atoms with Crippen LogP contribution in [0.25, 0.3) is 0 Å². The first-order chi connectivity index (χ1) is 11.2. The minimum Gasteiger partial charge on any atom is -0.364 e. The van der Waals surface area contributed by atoms with Gasteiger partial charge in [0, 0.05) is 38.8 Å². The zero-order valence-electron chi connectivity index (χ0n) is 14.7. The standard InChI is InChI=1S/C18H27N3O2.2ClH/c1-14-12-20(13-15-5-3-2-4-6-15)9-10-21(14)18(22)17-8-7-16(11-19)23-17;;/h2-6,14,16-17H,7-13,19H2,1H3;2*1H/t14?,16-,17+;;/m1../s1. The van der Waals surface area contributed by atoms with E-state index in [1.165, 1.54) is 5.56 Å². The van der Waals surface area contributed by atoms with Crippen LogP contribution in [0.1, 0.15) is 25.3 Å². The number of halogens is 2. The Morgan fingerprint density at radius 2 is 1.92 bits per heavy atom. The first kappa shape index (κ1) is 22.2. The van der Waals surface area contributed by atoms with Crippen LogP contribution < -0.4 is 5.73 Å². The van der Waals surface area contributed by atoms with E-state index in [1.807, 2.05) is 11.0 Å². The third kappa shape index (κ3) is 5.56. The fourth-order valence-electron chi connectivity index (χ4n) is 3.59. The van der Waals surface area contributed by atoms with Gasteiger partial charge in [0.05, 0.1) is 6.10 Å². The van der Waals surface area contributed by atoms with E-state index in [0.29, 0.717) is 6.54 Å². The van der Waals surface area contributed by atoms with E-state index in [4.69, 9.17) is 10.5 Å². The number of ether oxygens (including phenoxy) is 1. The molecule has 2 aliphatic rings. The molecule has 2 saturated heterocycles. The number of nitrogens with two attached hydrogens (primary N) is 1. The van der Waals surface area contributed by atoms with Crippen LogP contribution in [0.5, 0.6) is 0 Å². The molecule has 0 aromatic heterocycles. The molecule has 0 radical (unpaired) electrons. The molecular weight excluding hydrogens is 361 g/mol. The van der Waals surface area contributed by atoms with Crippen molar-refractivity contribution in [3.05, 3.63) is 35.9 Å². The lowest BCUT2D eigenvalue weighted by Gasteiger charge is -2.40. The van der Waals surface area contributed by atoms with E-state index >= 15 is 0 Å². The molecule has 1 aromatic carbocycles. The molecule has 3 rings (SSSR count). The summed E-state index contributed by atoms with van der Waals surface area (Å²) < 4.78 is 5.77. The smallest absolute Gasteiger partial charge is 0.252 e. The van der Waals surface area contributed by atoms with Gasteiger partial charge in [0.15, 0.2) is 0 Å². The van der Waals surface area contributed by atoms with Crippen molar-refractivity contribution in [1.82, 2.24) is 9.80 Å². The average Bonchev–Trinajstić information content (AvgIpc) is 3.04. The van der Waals surface area contributed by atoms with Crippen molar-refractivity contribution in [3.63, 3.8) is 0 Å². The number of carbonyl (C=O) groups is 1. The molecule has 2 fully saturated rings. The third-order valence-corrected chi connectivity index (χ3v) is 4.89. The van der Waals surface area contributed by atoms with Gasteiger partial charge in [-0.1, -0.05) is 30.3 Å². The highest BCUT2D eigenvalue weighted by Gasteiger charge is 2.36. The fraction of sp³-hybridized carbons (Fsp3) is 0.611. The van der Waals surface area contributed by atoms with Crippen molar-refractivity contribution in [3.8, 4) is 0 Å². The summed E-state index contributed by atoms with van der Waals surface area (Å²) in [6, 6.07) is 10.7. The molecule has 142 valence electrons. The molecule has 2 heterocycles. The lowest BCUT2D eigenvalue weighted by atomic mass is 10.1. The van der Waals surface area contributed by atoms with Gasteiger partial charge >= 0.3 is 0 Å². The second-order valence-electron chi connectivity index (χ2n) is 6.66. The maximum absolute atomic E-state index is 12.7. The van der Waals surface area contributed by atoms with Gasteiger partial charge in [0.1, 0.15) is 6.10 Å². The number of nitrogens with zero attached hydrogens (tertiary/aromatic N) is 2. The molecule has 1 aromatic rings. The monoisotopic (exact) mass is 389 g/mol. The molecule has 0 saturated carbocycles. The summed E-state index contributed by atoms with van der Waals surface area (Å²) in [4.78, 5) is 17.1. The number of amides is 1. The van der Waals surface area contributed by atoms with Crippen molar-refractivity contribution in [2.24, 2.45) is 5.73 Å². The van der Waals surface area contributed by atoms with Crippen LogP contribution in [-0.2, 0) is 16.1 Å². The number of benzene rings is 1. The van der Waals surface area contributed by atoms with Crippen LogP contribution in [0, 0.1) is 0 Å². The van der Waals surface area contributed by atoms with Crippen LogP contribution in [0.2, 0.25) is 0 Å². The Balaban J connectivity index is 0.00000156. The zero-order valence-corrected chi connectivity index (χ0v) is 16.3. The summed E-state index contributed by atoms with van der Waals surface area (Å²) in [6.45, 7) is 6.18. The van der Waals surface area contributed by atoms with E-state index in [-0.39, 0.29) is 49.0 Å². The third-order valence-electron chi connectivity index (χ3n) is 4.89. The van der Waals surface area contributed by atoms with E-state index < -0.39 is 0 Å². The number of rotatable bonds is 4. The average molecular weight is 390 g/mol. The van der Waals surface area contributed by atoms with Crippen LogP contribution in [0.3, 0.4) is 0 Å². The molecule has 2 aliphatic heterocycles. The van der Waals surface area contributed by atoms with Crippen molar-refractivity contribution in [2.45, 2.75) is 44.6 Å². The molecule has 0 bridgehead atoms.